The molecule has 0 fully saturated rings. The Morgan fingerprint density at radius 1 is 1.17 bits per heavy atom. The molecule has 6 heteroatoms. The molecule has 0 bridgehead atoms. The van der Waals surface area contributed by atoms with E-state index in [0.717, 1.165) is 0 Å². The topological polar surface area (TPSA) is 89.9 Å². The number of hydrogen-bond donors (Lipinski definition) is 1. The molecule has 1 heterocycles. The number of fused-ring (bicyclic) bond motifs is 1. The van der Waals surface area contributed by atoms with Gasteiger partial charge < -0.3 is 14.6 Å². The number of aryl methyl sites for hydroxylation is 1. The average molecular weight is 250 g/mol. The monoisotopic (exact) mass is 250 g/mol. The van der Waals surface area contributed by atoms with Crippen molar-refractivity contribution in [3.8, 4) is 11.5 Å². The molecule has 0 spiro atoms. The summed E-state index contributed by atoms with van der Waals surface area (Å²) in [5, 5.41) is 8.58. The first-order valence-electron chi connectivity index (χ1n) is 5.30. The van der Waals surface area contributed by atoms with Crippen LogP contribution in [0.3, 0.4) is 0 Å². The molecule has 0 radical (unpaired) electrons. The predicted octanol–water partition coefficient (Wildman–Crippen LogP) is 0.918. The molecule has 1 aromatic rings. The fourth-order valence-electron chi connectivity index (χ4n) is 1.56. The van der Waals surface area contributed by atoms with Gasteiger partial charge in [0.05, 0.1) is 0 Å². The molecule has 2 rings (SSSR count). The molecule has 0 aliphatic carbocycles. The van der Waals surface area contributed by atoms with Crippen LogP contribution < -0.4 is 9.47 Å². The fraction of sp³-hybridized carbons (Fsp3) is 0.250. The summed E-state index contributed by atoms with van der Waals surface area (Å²) < 4.78 is 9.85. The van der Waals surface area contributed by atoms with Crippen LogP contribution in [0.4, 0.5) is 0 Å². The predicted molar refractivity (Wildman–Crippen MR) is 58.3 cm³/mol. The van der Waals surface area contributed by atoms with Crippen molar-refractivity contribution in [2.24, 2.45) is 0 Å². The number of aliphatic carboxylic acids is 1. The Morgan fingerprint density at radius 2 is 1.83 bits per heavy atom. The minimum Gasteiger partial charge on any atom is -0.481 e. The van der Waals surface area contributed by atoms with E-state index < -0.39 is 24.3 Å². The van der Waals surface area contributed by atoms with E-state index in [1.807, 2.05) is 0 Å². The Bertz CT molecular complexity index is 519. The van der Waals surface area contributed by atoms with E-state index >= 15 is 0 Å². The molecule has 0 amide bonds. The van der Waals surface area contributed by atoms with E-state index in [-0.39, 0.29) is 17.9 Å². The summed E-state index contributed by atoms with van der Waals surface area (Å²) in [7, 11) is 0. The number of hydrogen-bond acceptors (Lipinski definition) is 5. The van der Waals surface area contributed by atoms with Crippen LogP contribution in [0, 0.1) is 0 Å². The number of carbonyl (C=O) groups is 3. The van der Waals surface area contributed by atoms with Gasteiger partial charge in [-0.3, -0.25) is 14.4 Å². The molecule has 1 aliphatic rings. The van der Waals surface area contributed by atoms with Crippen molar-refractivity contribution >= 4 is 17.9 Å². The number of rotatable bonds is 3. The molecule has 1 N–H and O–H groups in total. The Balaban J connectivity index is 2.22. The highest BCUT2D eigenvalue weighted by molar-refractivity contribution is 5.95. The second kappa shape index (κ2) is 4.87. The van der Waals surface area contributed by atoms with Crippen molar-refractivity contribution in [1.29, 1.82) is 0 Å². The maximum Gasteiger partial charge on any atom is 0.322 e. The summed E-state index contributed by atoms with van der Waals surface area (Å²) in [6.07, 6.45) is -0.139. The van der Waals surface area contributed by atoms with Gasteiger partial charge in [-0.1, -0.05) is 6.07 Å². The highest BCUT2D eigenvalue weighted by Gasteiger charge is 2.22. The third-order valence-corrected chi connectivity index (χ3v) is 2.37. The van der Waals surface area contributed by atoms with E-state index in [2.05, 4.69) is 0 Å². The molecule has 0 atom stereocenters. The molecule has 0 aromatic heterocycles. The van der Waals surface area contributed by atoms with Crippen LogP contribution >= 0.6 is 0 Å². The lowest BCUT2D eigenvalue weighted by Crippen LogP contribution is -2.13. The van der Waals surface area contributed by atoms with Crippen LogP contribution in [-0.4, -0.2) is 23.0 Å². The smallest absolute Gasteiger partial charge is 0.322 e. The largest absolute Gasteiger partial charge is 0.481 e. The third kappa shape index (κ3) is 2.85. The molecular weight excluding hydrogens is 240 g/mol. The molecule has 0 unspecified atom stereocenters. The van der Waals surface area contributed by atoms with Crippen molar-refractivity contribution in [3.05, 3.63) is 23.8 Å². The molecule has 0 saturated heterocycles. The average Bonchev–Trinajstić information content (AvgIpc) is 2.42. The van der Waals surface area contributed by atoms with Crippen LogP contribution in [0.1, 0.15) is 18.4 Å². The molecule has 0 saturated carbocycles. The zero-order valence-corrected chi connectivity index (χ0v) is 9.34. The van der Waals surface area contributed by atoms with Crippen molar-refractivity contribution in [3.63, 3.8) is 0 Å². The van der Waals surface area contributed by atoms with Crippen molar-refractivity contribution in [2.75, 3.05) is 0 Å². The second-order valence-electron chi connectivity index (χ2n) is 3.80. The molecule has 1 aromatic carbocycles. The fourth-order valence-corrected chi connectivity index (χ4v) is 1.56. The van der Waals surface area contributed by atoms with Gasteiger partial charge in [0, 0.05) is 6.42 Å². The maximum atomic E-state index is 11.2. The number of carbonyl (C=O) groups excluding carboxylic acids is 2. The summed E-state index contributed by atoms with van der Waals surface area (Å²) in [5.74, 6) is -1.95. The Labute approximate surface area is 102 Å². The lowest BCUT2D eigenvalue weighted by molar-refractivity contribution is -0.142. The second-order valence-corrected chi connectivity index (χ2v) is 3.80. The summed E-state index contributed by atoms with van der Waals surface area (Å²) >= 11 is 0. The zero-order valence-electron chi connectivity index (χ0n) is 9.34. The van der Waals surface area contributed by atoms with Gasteiger partial charge in [-0.15, -0.1) is 0 Å². The number of ether oxygens (including phenoxy) is 2. The molecule has 18 heavy (non-hydrogen) atoms. The first kappa shape index (κ1) is 12.1. The molecule has 1 aliphatic heterocycles. The summed E-state index contributed by atoms with van der Waals surface area (Å²) in [6.45, 7) is 0. The van der Waals surface area contributed by atoms with Gasteiger partial charge in [0.15, 0.2) is 11.5 Å². The van der Waals surface area contributed by atoms with Gasteiger partial charge in [-0.05, 0) is 24.1 Å². The van der Waals surface area contributed by atoms with Gasteiger partial charge in [-0.25, -0.2) is 0 Å². The minimum absolute atomic E-state index is 0.0213. The summed E-state index contributed by atoms with van der Waals surface area (Å²) in [4.78, 5) is 32.8. The summed E-state index contributed by atoms with van der Waals surface area (Å²) in [6, 6.07) is 4.63. The van der Waals surface area contributed by atoms with E-state index in [4.69, 9.17) is 14.6 Å². The van der Waals surface area contributed by atoms with Gasteiger partial charge in [0.1, 0.15) is 6.42 Å². The van der Waals surface area contributed by atoms with Crippen molar-refractivity contribution in [2.45, 2.75) is 19.3 Å². The van der Waals surface area contributed by atoms with Crippen LogP contribution in [-0.2, 0) is 20.8 Å². The van der Waals surface area contributed by atoms with Crippen molar-refractivity contribution < 1.29 is 29.0 Å². The molecular formula is C12H10O6. The van der Waals surface area contributed by atoms with Crippen LogP contribution in [0.5, 0.6) is 11.5 Å². The minimum atomic E-state index is -0.909. The SMILES string of the molecule is O=C(O)CCc1ccc2c(c1)OC(=O)CC(=O)O2. The van der Waals surface area contributed by atoms with E-state index in [1.165, 1.54) is 12.1 Å². The van der Waals surface area contributed by atoms with Gasteiger partial charge in [0.25, 0.3) is 0 Å². The van der Waals surface area contributed by atoms with Crippen molar-refractivity contribution in [1.82, 2.24) is 0 Å². The number of carboxylic acid groups (broad SMARTS) is 1. The number of esters is 2. The van der Waals surface area contributed by atoms with Crippen LogP contribution in [0.15, 0.2) is 18.2 Å². The third-order valence-electron chi connectivity index (χ3n) is 2.37. The van der Waals surface area contributed by atoms with Gasteiger partial charge in [-0.2, -0.15) is 0 Å². The zero-order chi connectivity index (χ0) is 13.1. The number of benzene rings is 1. The highest BCUT2D eigenvalue weighted by Crippen LogP contribution is 2.31. The first-order chi connectivity index (χ1) is 8.54. The Kier molecular flexibility index (Phi) is 3.27. The standard InChI is InChI=1S/C12H10O6/c13-10(14)4-2-7-1-3-8-9(5-7)18-12(16)6-11(15)17-8/h1,3,5H,2,4,6H2,(H,13,14). The van der Waals surface area contributed by atoms with E-state index in [0.29, 0.717) is 12.0 Å². The van der Waals surface area contributed by atoms with E-state index in [9.17, 15) is 14.4 Å². The summed E-state index contributed by atoms with van der Waals surface area (Å²) in [5.41, 5.74) is 0.696. The van der Waals surface area contributed by atoms with Gasteiger partial charge in [0.2, 0.25) is 0 Å². The Morgan fingerprint density at radius 3 is 2.50 bits per heavy atom. The first-order valence-corrected chi connectivity index (χ1v) is 5.30. The van der Waals surface area contributed by atoms with E-state index in [1.54, 1.807) is 6.07 Å². The molecule has 6 nitrogen and oxygen atoms in total. The molecule has 94 valence electrons. The lowest BCUT2D eigenvalue weighted by Gasteiger charge is -2.06. The lowest BCUT2D eigenvalue weighted by atomic mass is 10.1. The van der Waals surface area contributed by atoms with Crippen LogP contribution in [0.25, 0.3) is 0 Å². The van der Waals surface area contributed by atoms with Gasteiger partial charge >= 0.3 is 17.9 Å². The maximum absolute atomic E-state index is 11.2. The normalized spacial score (nSPS) is 14.2. The Hall–Kier alpha value is -2.37. The number of carboxylic acids is 1. The quantitative estimate of drug-likeness (QED) is 0.487. The highest BCUT2D eigenvalue weighted by atomic mass is 16.6. The van der Waals surface area contributed by atoms with Crippen LogP contribution in [0.2, 0.25) is 0 Å².